The van der Waals surface area contributed by atoms with Crippen molar-refractivity contribution in [3.63, 3.8) is 0 Å². The molecule has 1 aliphatic rings. The molecule has 1 aliphatic heterocycles. The molecule has 0 aromatic carbocycles. The van der Waals surface area contributed by atoms with E-state index in [4.69, 9.17) is 0 Å². The zero-order valence-corrected chi connectivity index (χ0v) is 12.7. The Kier molecular flexibility index (Phi) is 3.45. The molecule has 0 saturated carbocycles. The van der Waals surface area contributed by atoms with Crippen LogP contribution in [0.4, 0.5) is 17.3 Å². The Labute approximate surface area is 136 Å². The first kappa shape index (κ1) is 14.4. The summed E-state index contributed by atoms with van der Waals surface area (Å²) in [4.78, 5) is 28.2. The average Bonchev–Trinajstić information content (AvgIpc) is 3.24. The third-order valence-electron chi connectivity index (χ3n) is 4.13. The molecule has 122 valence electrons. The van der Waals surface area contributed by atoms with Crippen molar-refractivity contribution in [3.8, 4) is 0 Å². The lowest BCUT2D eigenvalue weighted by Gasteiger charge is -2.18. The Morgan fingerprint density at radius 1 is 1.29 bits per heavy atom. The predicted molar refractivity (Wildman–Crippen MR) is 89.0 cm³/mol. The lowest BCUT2D eigenvalue weighted by atomic mass is 10.2. The van der Waals surface area contributed by atoms with Crippen LogP contribution in [0.1, 0.15) is 6.42 Å². The summed E-state index contributed by atoms with van der Waals surface area (Å²) in [5.41, 5.74) is 0.817. The van der Waals surface area contributed by atoms with Crippen LogP contribution in [-0.4, -0.2) is 44.0 Å². The molecule has 2 N–H and O–H groups in total. The number of aromatic nitrogens is 4. The molecule has 3 aromatic heterocycles. The van der Waals surface area contributed by atoms with Crippen molar-refractivity contribution in [1.82, 2.24) is 19.9 Å². The van der Waals surface area contributed by atoms with Gasteiger partial charge in [-0.25, -0.2) is 15.0 Å². The second-order valence-corrected chi connectivity index (χ2v) is 5.67. The molecular formula is C15H15N7O2. The second kappa shape index (κ2) is 5.76. The molecule has 0 amide bonds. The minimum absolute atomic E-state index is 0.00978. The van der Waals surface area contributed by atoms with Crippen LogP contribution < -0.4 is 10.2 Å². The molecule has 0 spiro atoms. The summed E-state index contributed by atoms with van der Waals surface area (Å²) in [6, 6.07) is 5.28. The van der Waals surface area contributed by atoms with E-state index in [-0.39, 0.29) is 11.7 Å². The summed E-state index contributed by atoms with van der Waals surface area (Å²) in [6.45, 7) is 1.66. The Bertz CT molecular complexity index is 877. The molecule has 1 atom stereocenters. The number of anilines is 2. The number of fused-ring (bicyclic) bond motifs is 1. The van der Waals surface area contributed by atoms with E-state index >= 15 is 0 Å². The van der Waals surface area contributed by atoms with Crippen LogP contribution in [0.15, 0.2) is 36.9 Å². The lowest BCUT2D eigenvalue weighted by molar-refractivity contribution is -0.385. The summed E-state index contributed by atoms with van der Waals surface area (Å²) in [5.74, 6) is 1.56. The van der Waals surface area contributed by atoms with Crippen molar-refractivity contribution in [1.29, 1.82) is 0 Å². The Morgan fingerprint density at radius 2 is 2.21 bits per heavy atom. The van der Waals surface area contributed by atoms with Gasteiger partial charge in [0.1, 0.15) is 29.8 Å². The van der Waals surface area contributed by atoms with Crippen molar-refractivity contribution < 1.29 is 4.92 Å². The second-order valence-electron chi connectivity index (χ2n) is 5.67. The first-order valence-electron chi connectivity index (χ1n) is 7.61. The lowest BCUT2D eigenvalue weighted by Crippen LogP contribution is -2.27. The first-order valence-corrected chi connectivity index (χ1v) is 7.61. The number of nitrogens with zero attached hydrogens (tertiary/aromatic N) is 5. The molecule has 9 nitrogen and oxygen atoms in total. The number of hydrogen-bond acceptors (Lipinski definition) is 7. The van der Waals surface area contributed by atoms with Gasteiger partial charge in [-0.2, -0.15) is 0 Å². The fraction of sp³-hybridized carbons (Fsp3) is 0.267. The highest BCUT2D eigenvalue weighted by Gasteiger charge is 2.25. The molecule has 4 rings (SSSR count). The fourth-order valence-corrected chi connectivity index (χ4v) is 2.97. The van der Waals surface area contributed by atoms with Crippen molar-refractivity contribution in [2.24, 2.45) is 0 Å². The predicted octanol–water partition coefficient (Wildman–Crippen LogP) is 1.95. The van der Waals surface area contributed by atoms with Gasteiger partial charge in [-0.05, 0) is 18.6 Å². The summed E-state index contributed by atoms with van der Waals surface area (Å²) in [5, 5.41) is 15.0. The first-order chi connectivity index (χ1) is 11.7. The van der Waals surface area contributed by atoms with Gasteiger partial charge in [0.25, 0.3) is 5.69 Å². The normalized spacial score (nSPS) is 17.3. The minimum atomic E-state index is -0.453. The van der Waals surface area contributed by atoms with Gasteiger partial charge >= 0.3 is 0 Å². The largest absolute Gasteiger partial charge is 0.365 e. The summed E-state index contributed by atoms with van der Waals surface area (Å²) >= 11 is 0. The van der Waals surface area contributed by atoms with Crippen molar-refractivity contribution >= 4 is 28.4 Å². The maximum Gasteiger partial charge on any atom is 0.287 e. The van der Waals surface area contributed by atoms with E-state index in [0.29, 0.717) is 5.82 Å². The topological polar surface area (TPSA) is 113 Å². The number of pyridine rings is 1. The quantitative estimate of drug-likeness (QED) is 0.557. The molecular weight excluding hydrogens is 310 g/mol. The summed E-state index contributed by atoms with van der Waals surface area (Å²) in [7, 11) is 0. The van der Waals surface area contributed by atoms with Gasteiger partial charge < -0.3 is 15.2 Å². The van der Waals surface area contributed by atoms with E-state index in [0.717, 1.165) is 36.4 Å². The van der Waals surface area contributed by atoms with E-state index in [2.05, 4.69) is 30.2 Å². The maximum absolute atomic E-state index is 10.7. The van der Waals surface area contributed by atoms with Gasteiger partial charge in [-0.15, -0.1) is 0 Å². The van der Waals surface area contributed by atoms with Crippen molar-refractivity contribution in [2.45, 2.75) is 12.5 Å². The molecule has 4 heterocycles. The number of rotatable bonds is 4. The van der Waals surface area contributed by atoms with Gasteiger partial charge in [0.2, 0.25) is 0 Å². The molecule has 3 aromatic rings. The Morgan fingerprint density at radius 3 is 3.00 bits per heavy atom. The third kappa shape index (κ3) is 2.60. The molecule has 0 aliphatic carbocycles. The Hall–Kier alpha value is -3.23. The summed E-state index contributed by atoms with van der Waals surface area (Å²) < 4.78 is 0. The van der Waals surface area contributed by atoms with E-state index in [9.17, 15) is 10.1 Å². The van der Waals surface area contributed by atoms with E-state index < -0.39 is 4.92 Å². The molecule has 0 radical (unpaired) electrons. The van der Waals surface area contributed by atoms with Crippen LogP contribution in [-0.2, 0) is 0 Å². The van der Waals surface area contributed by atoms with Crippen LogP contribution in [0.5, 0.6) is 0 Å². The zero-order valence-electron chi connectivity index (χ0n) is 12.7. The molecule has 0 bridgehead atoms. The van der Waals surface area contributed by atoms with Gasteiger partial charge in [-0.3, -0.25) is 10.1 Å². The third-order valence-corrected chi connectivity index (χ3v) is 4.13. The standard InChI is InChI=1S/C15H15N7O2/c23-22(24)11-1-2-13(17-7-11)20-10-4-6-21(8-10)15-12-3-5-16-14(12)18-9-19-15/h1-3,5,7,9-10H,4,6,8H2,(H,17,20)(H,16,18,19). The number of aromatic amines is 1. The number of nitrogens with one attached hydrogen (secondary N) is 2. The molecule has 1 saturated heterocycles. The van der Waals surface area contributed by atoms with Crippen LogP contribution in [0, 0.1) is 10.1 Å². The SMILES string of the molecule is O=[N+]([O-])c1ccc(NC2CCN(c3ncnc4[nH]ccc34)C2)nc1. The molecule has 1 unspecified atom stereocenters. The van der Waals surface area contributed by atoms with E-state index in [1.807, 2.05) is 12.3 Å². The minimum Gasteiger partial charge on any atom is -0.365 e. The number of hydrogen-bond donors (Lipinski definition) is 2. The highest BCUT2D eigenvalue weighted by molar-refractivity contribution is 5.87. The smallest absolute Gasteiger partial charge is 0.287 e. The van der Waals surface area contributed by atoms with Crippen LogP contribution in [0.2, 0.25) is 0 Å². The summed E-state index contributed by atoms with van der Waals surface area (Å²) in [6.07, 6.45) is 5.62. The molecule has 9 heteroatoms. The van der Waals surface area contributed by atoms with Gasteiger partial charge in [-0.1, -0.05) is 0 Å². The van der Waals surface area contributed by atoms with Gasteiger partial charge in [0, 0.05) is 31.4 Å². The average molecular weight is 325 g/mol. The molecule has 24 heavy (non-hydrogen) atoms. The number of nitro groups is 1. The maximum atomic E-state index is 10.7. The molecule has 1 fully saturated rings. The van der Waals surface area contributed by atoms with Crippen molar-refractivity contribution in [2.75, 3.05) is 23.3 Å². The fourth-order valence-electron chi connectivity index (χ4n) is 2.97. The highest BCUT2D eigenvalue weighted by Crippen LogP contribution is 2.26. The Balaban J connectivity index is 1.46. The van der Waals surface area contributed by atoms with Gasteiger partial charge in [0.05, 0.1) is 10.3 Å². The van der Waals surface area contributed by atoms with Crippen LogP contribution in [0.3, 0.4) is 0 Å². The van der Waals surface area contributed by atoms with Gasteiger partial charge in [0.15, 0.2) is 0 Å². The van der Waals surface area contributed by atoms with Crippen LogP contribution >= 0.6 is 0 Å². The van der Waals surface area contributed by atoms with Crippen LogP contribution in [0.25, 0.3) is 11.0 Å². The number of H-pyrrole nitrogens is 1. The highest BCUT2D eigenvalue weighted by atomic mass is 16.6. The van der Waals surface area contributed by atoms with E-state index in [1.165, 1.54) is 12.3 Å². The van der Waals surface area contributed by atoms with E-state index in [1.54, 1.807) is 12.4 Å². The van der Waals surface area contributed by atoms with Crippen molar-refractivity contribution in [3.05, 3.63) is 47.0 Å². The zero-order chi connectivity index (χ0) is 16.5. The monoisotopic (exact) mass is 325 g/mol.